The van der Waals surface area contributed by atoms with Crippen LogP contribution in [0.5, 0.6) is 11.5 Å². The van der Waals surface area contributed by atoms with Gasteiger partial charge in [0.15, 0.2) is 6.61 Å². The maximum Gasteiger partial charge on any atom is 0.260 e. The van der Waals surface area contributed by atoms with Gasteiger partial charge in [0, 0.05) is 19.2 Å². The second-order valence-electron chi connectivity index (χ2n) is 4.74. The normalized spacial score (nSPS) is 14.5. The van der Waals surface area contributed by atoms with Crippen molar-refractivity contribution >= 4 is 5.91 Å². The second-order valence-corrected chi connectivity index (χ2v) is 4.74. The van der Waals surface area contributed by atoms with Crippen molar-refractivity contribution in [2.75, 3.05) is 26.8 Å². The van der Waals surface area contributed by atoms with Crippen molar-refractivity contribution in [1.82, 2.24) is 4.90 Å². The van der Waals surface area contributed by atoms with Crippen molar-refractivity contribution in [3.05, 3.63) is 23.8 Å². The van der Waals surface area contributed by atoms with Crippen molar-refractivity contribution in [2.24, 2.45) is 0 Å². The molecule has 0 unspecified atom stereocenters. The summed E-state index contributed by atoms with van der Waals surface area (Å²) in [4.78, 5) is 13.8. The fraction of sp³-hybridized carbons (Fsp3) is 0.467. The number of methoxy groups -OCH3 is 1. The van der Waals surface area contributed by atoms with E-state index < -0.39 is 0 Å². The molecule has 0 aromatic heterocycles. The number of carbonyl (C=O) groups excluding carboxylic acids is 1. The number of rotatable bonds is 4. The van der Waals surface area contributed by atoms with Crippen molar-refractivity contribution in [2.45, 2.75) is 19.3 Å². The molecule has 0 aliphatic carbocycles. The Bertz CT molecular complexity index is 516. The van der Waals surface area contributed by atoms with Crippen LogP contribution in [0.15, 0.2) is 18.2 Å². The lowest BCUT2D eigenvalue weighted by atomic mass is 10.1. The van der Waals surface area contributed by atoms with Crippen molar-refractivity contribution < 1.29 is 14.3 Å². The third-order valence-electron chi connectivity index (χ3n) is 3.32. The first-order valence-corrected chi connectivity index (χ1v) is 6.72. The highest BCUT2D eigenvalue weighted by Crippen LogP contribution is 2.22. The van der Waals surface area contributed by atoms with Crippen LogP contribution in [0.25, 0.3) is 0 Å². The number of benzene rings is 1. The zero-order valence-electron chi connectivity index (χ0n) is 11.6. The molecule has 0 atom stereocenters. The Labute approximate surface area is 118 Å². The van der Waals surface area contributed by atoms with E-state index in [-0.39, 0.29) is 12.5 Å². The van der Waals surface area contributed by atoms with Gasteiger partial charge in [0.05, 0.1) is 18.7 Å². The van der Waals surface area contributed by atoms with E-state index in [1.165, 1.54) is 13.5 Å². The van der Waals surface area contributed by atoms with Crippen LogP contribution >= 0.6 is 0 Å². The Hall–Kier alpha value is -2.22. The van der Waals surface area contributed by atoms with Gasteiger partial charge < -0.3 is 14.4 Å². The predicted molar refractivity (Wildman–Crippen MR) is 73.6 cm³/mol. The summed E-state index contributed by atoms with van der Waals surface area (Å²) >= 11 is 0. The quantitative estimate of drug-likeness (QED) is 0.842. The second kappa shape index (κ2) is 6.80. The summed E-state index contributed by atoms with van der Waals surface area (Å²) in [5.74, 6) is 1.02. The average molecular weight is 274 g/mol. The Morgan fingerprint density at radius 2 is 1.95 bits per heavy atom. The summed E-state index contributed by atoms with van der Waals surface area (Å²) in [6, 6.07) is 6.94. The van der Waals surface area contributed by atoms with Gasteiger partial charge in [-0.2, -0.15) is 5.26 Å². The van der Waals surface area contributed by atoms with E-state index >= 15 is 0 Å². The van der Waals surface area contributed by atoms with E-state index in [1.54, 1.807) is 18.2 Å². The number of hydrogen-bond donors (Lipinski definition) is 0. The van der Waals surface area contributed by atoms with Gasteiger partial charge in [-0.05, 0) is 31.4 Å². The molecule has 1 fully saturated rings. The van der Waals surface area contributed by atoms with Gasteiger partial charge in [-0.3, -0.25) is 4.79 Å². The molecule has 0 spiro atoms. The maximum atomic E-state index is 12.0. The Kier molecular flexibility index (Phi) is 4.83. The van der Waals surface area contributed by atoms with Gasteiger partial charge in [-0.25, -0.2) is 0 Å². The Balaban J connectivity index is 1.96. The standard InChI is InChI=1S/C15H18N2O3/c1-19-13-7-12(10-16)8-14(9-13)20-11-15(18)17-5-3-2-4-6-17/h7-9H,2-6,11H2,1H3. The summed E-state index contributed by atoms with van der Waals surface area (Å²) in [6.07, 6.45) is 3.30. The third kappa shape index (κ3) is 3.64. The average Bonchev–Trinajstić information content (AvgIpc) is 2.53. The molecule has 20 heavy (non-hydrogen) atoms. The number of piperidine rings is 1. The van der Waals surface area contributed by atoms with E-state index in [0.717, 1.165) is 25.9 Å². The zero-order valence-corrected chi connectivity index (χ0v) is 11.6. The first-order valence-electron chi connectivity index (χ1n) is 6.72. The number of amides is 1. The number of carbonyl (C=O) groups is 1. The summed E-state index contributed by atoms with van der Waals surface area (Å²) in [5, 5.41) is 8.93. The Morgan fingerprint density at radius 3 is 2.60 bits per heavy atom. The van der Waals surface area contributed by atoms with Crippen molar-refractivity contribution in [3.8, 4) is 17.6 Å². The fourth-order valence-corrected chi connectivity index (χ4v) is 2.22. The van der Waals surface area contributed by atoms with Crippen molar-refractivity contribution in [1.29, 1.82) is 5.26 Å². The van der Waals surface area contributed by atoms with E-state index in [0.29, 0.717) is 17.1 Å². The minimum Gasteiger partial charge on any atom is -0.497 e. The number of nitrogens with zero attached hydrogens (tertiary/aromatic N) is 2. The number of ether oxygens (including phenoxy) is 2. The van der Waals surface area contributed by atoms with Crippen LogP contribution in [0.1, 0.15) is 24.8 Å². The van der Waals surface area contributed by atoms with Crippen LogP contribution in [-0.2, 0) is 4.79 Å². The maximum absolute atomic E-state index is 12.0. The van der Waals surface area contributed by atoms with Gasteiger partial charge in [-0.1, -0.05) is 0 Å². The van der Waals surface area contributed by atoms with Crippen molar-refractivity contribution in [3.63, 3.8) is 0 Å². The smallest absolute Gasteiger partial charge is 0.260 e. The number of likely N-dealkylation sites (tertiary alicyclic amines) is 1. The van der Waals surface area contributed by atoms with Crippen LogP contribution in [0.2, 0.25) is 0 Å². The lowest BCUT2D eigenvalue weighted by Gasteiger charge is -2.26. The molecule has 1 heterocycles. The Morgan fingerprint density at radius 1 is 1.25 bits per heavy atom. The minimum atomic E-state index is -0.00831. The first kappa shape index (κ1) is 14.2. The molecule has 2 rings (SSSR count). The monoisotopic (exact) mass is 274 g/mol. The van der Waals surface area contributed by atoms with Crippen LogP contribution in [-0.4, -0.2) is 37.6 Å². The van der Waals surface area contributed by atoms with E-state index in [9.17, 15) is 4.79 Å². The molecule has 1 aliphatic rings. The fourth-order valence-electron chi connectivity index (χ4n) is 2.22. The lowest BCUT2D eigenvalue weighted by molar-refractivity contribution is -0.134. The molecule has 5 heteroatoms. The topological polar surface area (TPSA) is 62.6 Å². The third-order valence-corrected chi connectivity index (χ3v) is 3.32. The van der Waals surface area contributed by atoms with Crippen LogP contribution in [0.4, 0.5) is 0 Å². The van der Waals surface area contributed by atoms with E-state index in [1.807, 2.05) is 11.0 Å². The summed E-state index contributed by atoms with van der Waals surface area (Å²) < 4.78 is 10.6. The largest absolute Gasteiger partial charge is 0.497 e. The van der Waals surface area contributed by atoms with E-state index in [2.05, 4.69) is 0 Å². The van der Waals surface area contributed by atoms with Crippen LogP contribution in [0.3, 0.4) is 0 Å². The molecule has 5 nitrogen and oxygen atoms in total. The highest BCUT2D eigenvalue weighted by Gasteiger charge is 2.17. The number of nitriles is 1. The highest BCUT2D eigenvalue weighted by atomic mass is 16.5. The van der Waals surface area contributed by atoms with Gasteiger partial charge in [0.1, 0.15) is 11.5 Å². The van der Waals surface area contributed by atoms with E-state index in [4.69, 9.17) is 14.7 Å². The number of hydrogen-bond acceptors (Lipinski definition) is 4. The van der Waals surface area contributed by atoms with Gasteiger partial charge >= 0.3 is 0 Å². The highest BCUT2D eigenvalue weighted by molar-refractivity contribution is 5.77. The molecular formula is C15H18N2O3. The van der Waals surface area contributed by atoms with Gasteiger partial charge in [-0.15, -0.1) is 0 Å². The molecule has 0 N–H and O–H groups in total. The zero-order chi connectivity index (χ0) is 14.4. The molecule has 1 amide bonds. The molecular weight excluding hydrogens is 256 g/mol. The molecule has 0 saturated carbocycles. The summed E-state index contributed by atoms with van der Waals surface area (Å²) in [6.45, 7) is 1.62. The lowest BCUT2D eigenvalue weighted by Crippen LogP contribution is -2.38. The predicted octanol–water partition coefficient (Wildman–Crippen LogP) is 1.96. The van der Waals surface area contributed by atoms with Crippen LogP contribution in [0, 0.1) is 11.3 Å². The minimum absolute atomic E-state index is 0.00195. The molecule has 0 radical (unpaired) electrons. The molecule has 1 aliphatic heterocycles. The molecule has 1 aromatic rings. The molecule has 1 aromatic carbocycles. The first-order chi connectivity index (χ1) is 9.72. The summed E-state index contributed by atoms with van der Waals surface area (Å²) in [7, 11) is 1.53. The van der Waals surface area contributed by atoms with Crippen LogP contribution < -0.4 is 9.47 Å². The SMILES string of the molecule is COc1cc(C#N)cc(OCC(=O)N2CCCCC2)c1. The molecule has 1 saturated heterocycles. The van der Waals surface area contributed by atoms with Gasteiger partial charge in [0.25, 0.3) is 5.91 Å². The molecule has 0 bridgehead atoms. The summed E-state index contributed by atoms with van der Waals surface area (Å²) in [5.41, 5.74) is 0.449. The molecule has 106 valence electrons. The van der Waals surface area contributed by atoms with Gasteiger partial charge in [0.2, 0.25) is 0 Å².